The number of aromatic hydroxyl groups is 1. The largest absolute Gasteiger partial charge is 0.508 e. The lowest BCUT2D eigenvalue weighted by Crippen LogP contribution is -2.43. The third kappa shape index (κ3) is 3.92. The molecule has 1 amide bonds. The summed E-state index contributed by atoms with van der Waals surface area (Å²) in [6.45, 7) is 2.20. The molecule has 0 spiro atoms. The van der Waals surface area contributed by atoms with Crippen molar-refractivity contribution in [2.75, 3.05) is 0 Å². The first-order valence-electron chi connectivity index (χ1n) is 11.8. The molecule has 0 bridgehead atoms. The number of rotatable bonds is 4. The van der Waals surface area contributed by atoms with Gasteiger partial charge in [-0.3, -0.25) is 25.0 Å². The molecular weight excluding hydrogens is 452 g/mol. The van der Waals surface area contributed by atoms with Crippen molar-refractivity contribution in [3.05, 3.63) is 73.3 Å². The maximum absolute atomic E-state index is 12.7. The van der Waals surface area contributed by atoms with Gasteiger partial charge < -0.3 is 5.11 Å². The minimum Gasteiger partial charge on any atom is -0.508 e. The van der Waals surface area contributed by atoms with Crippen molar-refractivity contribution in [1.29, 1.82) is 0 Å². The Kier molecular flexibility index (Phi) is 5.53. The summed E-state index contributed by atoms with van der Waals surface area (Å²) in [6, 6.07) is 8.58. The van der Waals surface area contributed by atoms with Crippen molar-refractivity contribution >= 4 is 23.0 Å². The van der Waals surface area contributed by atoms with E-state index < -0.39 is 27.1 Å². The van der Waals surface area contributed by atoms with Crippen LogP contribution in [-0.2, 0) is 6.42 Å². The first kappa shape index (κ1) is 22.9. The van der Waals surface area contributed by atoms with Gasteiger partial charge in [0.1, 0.15) is 5.75 Å². The molecule has 35 heavy (non-hydrogen) atoms. The fourth-order valence-corrected chi connectivity index (χ4v) is 6.66. The molecule has 0 aromatic heterocycles. The zero-order chi connectivity index (χ0) is 24.9. The third-order valence-corrected chi connectivity index (χ3v) is 8.33. The van der Waals surface area contributed by atoms with Crippen LogP contribution in [-0.4, -0.2) is 26.6 Å². The maximum atomic E-state index is 12.7. The molecule has 2 saturated carbocycles. The van der Waals surface area contributed by atoms with Crippen LogP contribution < -0.4 is 5.43 Å². The van der Waals surface area contributed by atoms with Crippen LogP contribution in [0, 0.1) is 37.5 Å². The topological polar surface area (TPSA) is 148 Å². The van der Waals surface area contributed by atoms with E-state index in [1.807, 2.05) is 6.07 Å². The molecule has 5 rings (SSSR count). The second-order valence-electron chi connectivity index (χ2n) is 10.0. The minimum atomic E-state index is -0.763. The number of nitro benzene ring substituents is 2. The van der Waals surface area contributed by atoms with E-state index in [1.54, 1.807) is 6.07 Å². The fourth-order valence-electron chi connectivity index (χ4n) is 6.66. The second kappa shape index (κ2) is 8.44. The van der Waals surface area contributed by atoms with Gasteiger partial charge in [0.15, 0.2) is 0 Å². The van der Waals surface area contributed by atoms with Crippen molar-refractivity contribution in [2.45, 2.75) is 51.4 Å². The van der Waals surface area contributed by atoms with E-state index >= 15 is 0 Å². The molecule has 2 aromatic carbocycles. The van der Waals surface area contributed by atoms with Crippen molar-refractivity contribution in [3.8, 4) is 5.75 Å². The standard InChI is InChI=1S/C25H26N4O6/c1-25-9-8-20-19-5-3-18(30)12-14(19)2-4-21(20)22(25)6-7-23(25)26-27-24(31)15-10-16(28(32)33)13-17(11-15)29(34)35/h3,5,10-13,20-22,30H,2,4,6-9H2,1H3,(H,27,31)/b26-23-/t20-,21-,22-,25+/m0/s1. The molecule has 4 atom stereocenters. The number of hydrazone groups is 1. The van der Waals surface area contributed by atoms with E-state index in [-0.39, 0.29) is 11.0 Å². The van der Waals surface area contributed by atoms with Crippen LogP contribution in [0.15, 0.2) is 41.5 Å². The number of benzene rings is 2. The number of carbonyl (C=O) groups is 1. The van der Waals surface area contributed by atoms with Gasteiger partial charge >= 0.3 is 0 Å². The summed E-state index contributed by atoms with van der Waals surface area (Å²) >= 11 is 0. The number of hydrogen-bond acceptors (Lipinski definition) is 7. The van der Waals surface area contributed by atoms with Gasteiger partial charge in [0.2, 0.25) is 0 Å². The van der Waals surface area contributed by atoms with Crippen molar-refractivity contribution in [1.82, 2.24) is 5.43 Å². The Labute approximate surface area is 201 Å². The van der Waals surface area contributed by atoms with Crippen molar-refractivity contribution in [2.24, 2.45) is 22.4 Å². The summed E-state index contributed by atoms with van der Waals surface area (Å²) in [5.74, 6) is 0.988. The summed E-state index contributed by atoms with van der Waals surface area (Å²) in [7, 11) is 0. The molecule has 0 heterocycles. The predicted octanol–water partition coefficient (Wildman–Crippen LogP) is 4.85. The Bertz CT molecular complexity index is 1240. The number of fused-ring (bicyclic) bond motifs is 5. The number of carbonyl (C=O) groups excluding carboxylic acids is 1. The highest BCUT2D eigenvalue weighted by molar-refractivity contribution is 5.98. The molecule has 0 radical (unpaired) electrons. The second-order valence-corrected chi connectivity index (χ2v) is 10.0. The van der Waals surface area contributed by atoms with Crippen LogP contribution in [0.5, 0.6) is 5.75 Å². The van der Waals surface area contributed by atoms with E-state index in [0.29, 0.717) is 23.5 Å². The molecule has 3 aliphatic rings. The van der Waals surface area contributed by atoms with Crippen molar-refractivity contribution < 1.29 is 19.7 Å². The lowest BCUT2D eigenvalue weighted by molar-refractivity contribution is -0.394. The Hall–Kier alpha value is -3.82. The summed E-state index contributed by atoms with van der Waals surface area (Å²) in [5, 5.41) is 36.6. The molecule has 0 saturated heterocycles. The molecule has 10 nitrogen and oxygen atoms in total. The van der Waals surface area contributed by atoms with Gasteiger partial charge in [-0.1, -0.05) is 13.0 Å². The van der Waals surface area contributed by atoms with Crippen LogP contribution in [0.3, 0.4) is 0 Å². The molecule has 3 aliphatic carbocycles. The molecule has 0 unspecified atom stereocenters. The maximum Gasteiger partial charge on any atom is 0.277 e. The van der Waals surface area contributed by atoms with Crippen LogP contribution >= 0.6 is 0 Å². The number of hydrogen-bond donors (Lipinski definition) is 2. The summed E-state index contributed by atoms with van der Waals surface area (Å²) < 4.78 is 0. The van der Waals surface area contributed by atoms with Crippen LogP contribution in [0.2, 0.25) is 0 Å². The number of phenolic OH excluding ortho intramolecular Hbond substituents is 1. The van der Waals surface area contributed by atoms with E-state index in [0.717, 1.165) is 62.4 Å². The number of nitro groups is 2. The first-order valence-corrected chi connectivity index (χ1v) is 11.8. The number of phenols is 1. The zero-order valence-electron chi connectivity index (χ0n) is 19.3. The average molecular weight is 479 g/mol. The van der Waals surface area contributed by atoms with Gasteiger partial charge in [-0.15, -0.1) is 0 Å². The zero-order valence-corrected chi connectivity index (χ0v) is 19.3. The fraction of sp³-hybridized carbons (Fsp3) is 0.440. The number of non-ortho nitro benzene ring substituents is 2. The smallest absolute Gasteiger partial charge is 0.277 e. The van der Waals surface area contributed by atoms with Gasteiger partial charge in [0, 0.05) is 23.3 Å². The van der Waals surface area contributed by atoms with E-state index in [4.69, 9.17) is 0 Å². The first-order chi connectivity index (χ1) is 16.7. The van der Waals surface area contributed by atoms with E-state index in [9.17, 15) is 30.1 Å². The highest BCUT2D eigenvalue weighted by Crippen LogP contribution is 2.59. The molecule has 2 N–H and O–H groups in total. The van der Waals surface area contributed by atoms with Crippen molar-refractivity contribution in [3.63, 3.8) is 0 Å². The summed E-state index contributed by atoms with van der Waals surface area (Å²) in [5.41, 5.74) is 4.62. The van der Waals surface area contributed by atoms with Gasteiger partial charge in [-0.25, -0.2) is 5.43 Å². The third-order valence-electron chi connectivity index (χ3n) is 8.33. The van der Waals surface area contributed by atoms with E-state index in [2.05, 4.69) is 23.5 Å². The lowest BCUT2D eigenvalue weighted by Gasteiger charge is -2.49. The highest BCUT2D eigenvalue weighted by atomic mass is 16.6. The molecule has 2 fully saturated rings. The van der Waals surface area contributed by atoms with Gasteiger partial charge in [-0.2, -0.15) is 5.10 Å². The molecule has 0 aliphatic heterocycles. The number of amides is 1. The van der Waals surface area contributed by atoms with E-state index in [1.165, 1.54) is 11.1 Å². The Balaban J connectivity index is 1.36. The van der Waals surface area contributed by atoms with Gasteiger partial charge in [-0.05, 0) is 79.5 Å². The van der Waals surface area contributed by atoms with Gasteiger partial charge in [0.05, 0.1) is 21.5 Å². The normalized spacial score (nSPS) is 28.0. The number of nitrogens with one attached hydrogen (secondary N) is 1. The minimum absolute atomic E-state index is 0.155. The van der Waals surface area contributed by atoms with Crippen LogP contribution in [0.25, 0.3) is 0 Å². The SMILES string of the molecule is C[C@@]12CC[C@H]3c4ccc(O)cc4CC[C@@H]3[C@@H]1CC/C2=N/NC(=O)c1cc([N+](=O)[O-])cc([N+](=O)[O-])c1. The monoisotopic (exact) mass is 478 g/mol. The average Bonchev–Trinajstić information content (AvgIpc) is 3.17. The molecule has 182 valence electrons. The number of aryl methyl sites for hydroxylation is 1. The summed E-state index contributed by atoms with van der Waals surface area (Å²) in [4.78, 5) is 33.5. The Morgan fingerprint density at radius 1 is 1.06 bits per heavy atom. The Morgan fingerprint density at radius 3 is 2.46 bits per heavy atom. The molecule has 2 aromatic rings. The summed E-state index contributed by atoms with van der Waals surface area (Å²) in [6.07, 6.45) is 5.64. The quantitative estimate of drug-likeness (QED) is 0.474. The molecular formula is C25H26N4O6. The van der Waals surface area contributed by atoms with Crippen LogP contribution in [0.4, 0.5) is 11.4 Å². The number of nitrogens with zero attached hydrogens (tertiary/aromatic N) is 3. The van der Waals surface area contributed by atoms with Crippen LogP contribution in [0.1, 0.15) is 66.4 Å². The Morgan fingerprint density at radius 2 is 1.77 bits per heavy atom. The van der Waals surface area contributed by atoms with Gasteiger partial charge in [0.25, 0.3) is 17.3 Å². The highest BCUT2D eigenvalue weighted by Gasteiger charge is 2.53. The predicted molar refractivity (Wildman–Crippen MR) is 127 cm³/mol. The molecule has 10 heteroatoms. The lowest BCUT2D eigenvalue weighted by atomic mass is 9.55.